The van der Waals surface area contributed by atoms with Gasteiger partial charge in [-0.05, 0) is 37.1 Å². The van der Waals surface area contributed by atoms with E-state index in [0.29, 0.717) is 30.4 Å². The first-order valence-corrected chi connectivity index (χ1v) is 9.37. The second-order valence-corrected chi connectivity index (χ2v) is 6.84. The third-order valence-corrected chi connectivity index (χ3v) is 4.44. The highest BCUT2D eigenvalue weighted by Crippen LogP contribution is 2.31. The Morgan fingerprint density at radius 2 is 1.75 bits per heavy atom. The summed E-state index contributed by atoms with van der Waals surface area (Å²) in [4.78, 5) is 4.01. The molecule has 0 aliphatic carbocycles. The molecule has 0 saturated heterocycles. The summed E-state index contributed by atoms with van der Waals surface area (Å²) < 4.78 is 38.8. The minimum atomic E-state index is -3.72. The fourth-order valence-electron chi connectivity index (χ4n) is 1.95. The molecule has 0 unspecified atom stereocenters. The van der Waals surface area contributed by atoms with E-state index in [1.54, 1.807) is 24.4 Å². The van der Waals surface area contributed by atoms with Crippen LogP contribution in [0, 0.1) is 0 Å². The van der Waals surface area contributed by atoms with Crippen molar-refractivity contribution in [1.82, 2.24) is 4.98 Å². The van der Waals surface area contributed by atoms with E-state index in [2.05, 4.69) is 9.71 Å². The van der Waals surface area contributed by atoms with Crippen molar-refractivity contribution in [3.63, 3.8) is 0 Å². The van der Waals surface area contributed by atoms with E-state index in [1.165, 1.54) is 18.3 Å². The minimum Gasteiger partial charge on any atom is -0.490 e. The Morgan fingerprint density at radius 1 is 1.04 bits per heavy atom. The zero-order valence-electron chi connectivity index (χ0n) is 13.9. The molecule has 0 aliphatic rings. The maximum Gasteiger partial charge on any atom is 0.262 e. The molecule has 2 rings (SSSR count). The molecule has 0 fully saturated rings. The van der Waals surface area contributed by atoms with E-state index in [0.717, 1.165) is 12.8 Å². The van der Waals surface area contributed by atoms with Crippen molar-refractivity contribution in [2.45, 2.75) is 31.6 Å². The van der Waals surface area contributed by atoms with Crippen LogP contribution in [-0.2, 0) is 10.0 Å². The Hall–Kier alpha value is -2.28. The van der Waals surface area contributed by atoms with E-state index in [9.17, 15) is 8.42 Å². The molecule has 1 N–H and O–H groups in total. The van der Waals surface area contributed by atoms with Crippen LogP contribution in [0.5, 0.6) is 11.5 Å². The second kappa shape index (κ2) is 8.54. The van der Waals surface area contributed by atoms with Crippen LogP contribution in [-0.4, -0.2) is 26.6 Å². The minimum absolute atomic E-state index is 0.112. The number of pyridine rings is 1. The zero-order valence-corrected chi connectivity index (χ0v) is 14.7. The summed E-state index contributed by atoms with van der Waals surface area (Å²) in [5.74, 6) is 0.977. The number of nitrogens with zero attached hydrogens (tertiary/aromatic N) is 1. The van der Waals surface area contributed by atoms with Crippen molar-refractivity contribution >= 4 is 15.7 Å². The van der Waals surface area contributed by atoms with Gasteiger partial charge in [-0.15, -0.1) is 0 Å². The maximum absolute atomic E-state index is 12.5. The summed E-state index contributed by atoms with van der Waals surface area (Å²) in [7, 11) is -3.72. The van der Waals surface area contributed by atoms with Crippen molar-refractivity contribution < 1.29 is 17.9 Å². The number of benzene rings is 1. The molecule has 1 heterocycles. The molecular weight excluding hydrogens is 328 g/mol. The number of ether oxygens (including phenoxy) is 2. The van der Waals surface area contributed by atoms with E-state index in [4.69, 9.17) is 9.47 Å². The second-order valence-electron chi connectivity index (χ2n) is 5.15. The van der Waals surface area contributed by atoms with Gasteiger partial charge in [0.05, 0.1) is 30.0 Å². The van der Waals surface area contributed by atoms with Crippen LogP contribution in [0.1, 0.15) is 26.7 Å². The highest BCUT2D eigenvalue weighted by atomic mass is 32.2. The summed E-state index contributed by atoms with van der Waals surface area (Å²) in [6.45, 7) is 5.02. The normalized spacial score (nSPS) is 11.1. The van der Waals surface area contributed by atoms with Gasteiger partial charge in [0.25, 0.3) is 10.0 Å². The van der Waals surface area contributed by atoms with Crippen LogP contribution < -0.4 is 14.2 Å². The lowest BCUT2D eigenvalue weighted by Crippen LogP contribution is -2.13. The average molecular weight is 350 g/mol. The van der Waals surface area contributed by atoms with Gasteiger partial charge in [0.1, 0.15) is 0 Å². The molecule has 2 aromatic rings. The third kappa shape index (κ3) is 4.86. The van der Waals surface area contributed by atoms with Crippen molar-refractivity contribution in [3.8, 4) is 11.5 Å². The molecule has 0 atom stereocenters. The molecule has 0 saturated carbocycles. The Kier molecular flexibility index (Phi) is 6.43. The lowest BCUT2D eigenvalue weighted by atomic mass is 10.3. The third-order valence-electron chi connectivity index (χ3n) is 3.06. The number of sulfonamides is 1. The highest BCUT2D eigenvalue weighted by Gasteiger charge is 2.17. The summed E-state index contributed by atoms with van der Waals surface area (Å²) in [6.07, 6.45) is 4.70. The molecule has 130 valence electrons. The number of aromatic nitrogens is 1. The molecule has 24 heavy (non-hydrogen) atoms. The Labute approximate surface area is 142 Å². The molecule has 1 aromatic carbocycles. The van der Waals surface area contributed by atoms with Crippen molar-refractivity contribution in [1.29, 1.82) is 0 Å². The SMILES string of the molecule is CCCOc1ccc(S(=O)(=O)Nc2cccnc2)cc1OCCC. The lowest BCUT2D eigenvalue weighted by molar-refractivity contribution is 0.267. The van der Waals surface area contributed by atoms with Gasteiger partial charge in [0.15, 0.2) is 11.5 Å². The van der Waals surface area contributed by atoms with Gasteiger partial charge < -0.3 is 9.47 Å². The zero-order chi connectivity index (χ0) is 17.4. The van der Waals surface area contributed by atoms with E-state index in [1.807, 2.05) is 13.8 Å². The summed E-state index contributed by atoms with van der Waals surface area (Å²) in [6, 6.07) is 7.91. The molecule has 0 spiro atoms. The van der Waals surface area contributed by atoms with Gasteiger partial charge in [-0.3, -0.25) is 9.71 Å². The van der Waals surface area contributed by atoms with Crippen molar-refractivity contribution in [3.05, 3.63) is 42.7 Å². The van der Waals surface area contributed by atoms with Crippen LogP contribution in [0.25, 0.3) is 0 Å². The van der Waals surface area contributed by atoms with Crippen LogP contribution >= 0.6 is 0 Å². The summed E-state index contributed by atoms with van der Waals surface area (Å²) in [5.41, 5.74) is 0.403. The fourth-order valence-corrected chi connectivity index (χ4v) is 3.01. The molecular formula is C17H22N2O4S. The van der Waals surface area contributed by atoms with Gasteiger partial charge in [-0.2, -0.15) is 0 Å². The first kappa shape index (κ1) is 18.1. The standard InChI is InChI=1S/C17H22N2O4S/c1-3-10-22-16-8-7-15(12-17(16)23-11-4-2)24(20,21)19-14-6-5-9-18-13-14/h5-9,12-13,19H,3-4,10-11H2,1-2H3. The maximum atomic E-state index is 12.5. The fraction of sp³-hybridized carbons (Fsp3) is 0.353. The van der Waals surface area contributed by atoms with Crippen molar-refractivity contribution in [2.75, 3.05) is 17.9 Å². The predicted molar refractivity (Wildman–Crippen MR) is 93.1 cm³/mol. The Morgan fingerprint density at radius 3 is 2.38 bits per heavy atom. The molecule has 0 aliphatic heterocycles. The Balaban J connectivity index is 2.28. The molecule has 0 bridgehead atoms. The molecule has 1 aromatic heterocycles. The molecule has 0 radical (unpaired) electrons. The number of hydrogen-bond acceptors (Lipinski definition) is 5. The van der Waals surface area contributed by atoms with Gasteiger partial charge in [0.2, 0.25) is 0 Å². The summed E-state index contributed by atoms with van der Waals surface area (Å²) >= 11 is 0. The first-order chi connectivity index (χ1) is 11.6. The number of anilines is 1. The highest BCUT2D eigenvalue weighted by molar-refractivity contribution is 7.92. The van der Waals surface area contributed by atoms with Crippen LogP contribution in [0.4, 0.5) is 5.69 Å². The van der Waals surface area contributed by atoms with Crippen LogP contribution in [0.15, 0.2) is 47.6 Å². The molecule has 7 heteroatoms. The van der Waals surface area contributed by atoms with Gasteiger partial charge >= 0.3 is 0 Å². The number of hydrogen-bond donors (Lipinski definition) is 1. The van der Waals surface area contributed by atoms with E-state index < -0.39 is 10.0 Å². The topological polar surface area (TPSA) is 77.5 Å². The quantitative estimate of drug-likeness (QED) is 0.749. The molecule has 0 amide bonds. The first-order valence-electron chi connectivity index (χ1n) is 7.89. The Bertz CT molecular complexity index is 748. The van der Waals surface area contributed by atoms with Crippen molar-refractivity contribution in [2.24, 2.45) is 0 Å². The van der Waals surface area contributed by atoms with Gasteiger partial charge in [0, 0.05) is 12.3 Å². The summed E-state index contributed by atoms with van der Waals surface area (Å²) in [5, 5.41) is 0. The smallest absolute Gasteiger partial charge is 0.262 e. The van der Waals surface area contributed by atoms with Crippen LogP contribution in [0.2, 0.25) is 0 Å². The van der Waals surface area contributed by atoms with Gasteiger partial charge in [-0.1, -0.05) is 13.8 Å². The average Bonchev–Trinajstić information content (AvgIpc) is 2.59. The van der Waals surface area contributed by atoms with Crippen LogP contribution in [0.3, 0.4) is 0 Å². The predicted octanol–water partition coefficient (Wildman–Crippen LogP) is 3.46. The van der Waals surface area contributed by atoms with E-state index in [-0.39, 0.29) is 4.90 Å². The van der Waals surface area contributed by atoms with E-state index >= 15 is 0 Å². The largest absolute Gasteiger partial charge is 0.490 e. The lowest BCUT2D eigenvalue weighted by Gasteiger charge is -2.14. The van der Waals surface area contributed by atoms with Gasteiger partial charge in [-0.25, -0.2) is 8.42 Å². The molecule has 6 nitrogen and oxygen atoms in total. The number of rotatable bonds is 9. The monoisotopic (exact) mass is 350 g/mol. The number of nitrogens with one attached hydrogen (secondary N) is 1.